The average Bonchev–Trinajstić information content (AvgIpc) is 3.15. The van der Waals surface area contributed by atoms with Gasteiger partial charge in [0.15, 0.2) is 11.4 Å². The Morgan fingerprint density at radius 2 is 1.15 bits per heavy atom. The van der Waals surface area contributed by atoms with Crippen LogP contribution in [-0.4, -0.2) is 0 Å². The topological polar surface area (TPSA) is 29.9 Å². The molecule has 0 amide bonds. The van der Waals surface area contributed by atoms with Crippen molar-refractivity contribution >= 4 is 5.69 Å². The van der Waals surface area contributed by atoms with E-state index in [0.29, 0.717) is 0 Å². The SMILES string of the molecule is CCCCCCCCCCCC[n+]1c2c(c(N)c3c1CCC3)CCCC2.[Br-]. The van der Waals surface area contributed by atoms with Crippen molar-refractivity contribution in [3.05, 3.63) is 22.5 Å². The predicted octanol–water partition coefficient (Wildman–Crippen LogP) is 2.85. The first kappa shape index (κ1) is 22.7. The molecule has 2 nitrogen and oxygen atoms in total. The Hall–Kier alpha value is -0.570. The van der Waals surface area contributed by atoms with Crippen LogP contribution < -0.4 is 27.3 Å². The first-order chi connectivity index (χ1) is 12.8. The average molecular weight is 438 g/mol. The van der Waals surface area contributed by atoms with Gasteiger partial charge in [0.25, 0.3) is 0 Å². The number of hydrogen-bond donors (Lipinski definition) is 1. The summed E-state index contributed by atoms with van der Waals surface area (Å²) in [5.41, 5.74) is 14.0. The molecule has 1 aromatic heterocycles. The number of pyridine rings is 1. The summed E-state index contributed by atoms with van der Waals surface area (Å²) in [7, 11) is 0. The van der Waals surface area contributed by atoms with Crippen molar-refractivity contribution in [2.24, 2.45) is 0 Å². The Labute approximate surface area is 178 Å². The third-order valence-corrected chi connectivity index (χ3v) is 6.66. The molecule has 0 radical (unpaired) electrons. The zero-order chi connectivity index (χ0) is 18.2. The molecule has 0 fully saturated rings. The van der Waals surface area contributed by atoms with Crippen LogP contribution in [0, 0.1) is 0 Å². The molecule has 2 N–H and O–H groups in total. The molecular formula is C24H41BrN2. The van der Waals surface area contributed by atoms with Crippen molar-refractivity contribution < 1.29 is 21.5 Å². The van der Waals surface area contributed by atoms with Crippen LogP contribution in [0.15, 0.2) is 0 Å². The summed E-state index contributed by atoms with van der Waals surface area (Å²) >= 11 is 0. The lowest BCUT2D eigenvalue weighted by Gasteiger charge is -2.20. The quantitative estimate of drug-likeness (QED) is 0.419. The number of nitrogens with two attached hydrogens (primary N) is 1. The van der Waals surface area contributed by atoms with Gasteiger partial charge in [-0.15, -0.1) is 0 Å². The smallest absolute Gasteiger partial charge is 0.186 e. The lowest BCUT2D eigenvalue weighted by Crippen LogP contribution is -3.00. The fourth-order valence-electron chi connectivity index (χ4n) is 5.17. The first-order valence-electron chi connectivity index (χ1n) is 11.7. The van der Waals surface area contributed by atoms with Crippen molar-refractivity contribution in [2.75, 3.05) is 5.73 Å². The van der Waals surface area contributed by atoms with E-state index in [4.69, 9.17) is 5.73 Å². The largest absolute Gasteiger partial charge is 1.00 e. The van der Waals surface area contributed by atoms with E-state index in [9.17, 15) is 0 Å². The second kappa shape index (κ2) is 12.1. The molecule has 1 aromatic rings. The maximum Gasteiger partial charge on any atom is 0.186 e. The van der Waals surface area contributed by atoms with Gasteiger partial charge in [-0.2, -0.15) is 4.57 Å². The summed E-state index contributed by atoms with van der Waals surface area (Å²) in [5, 5.41) is 0. The number of rotatable bonds is 11. The Morgan fingerprint density at radius 3 is 1.78 bits per heavy atom. The lowest BCUT2D eigenvalue weighted by molar-refractivity contribution is -0.711. The maximum absolute atomic E-state index is 6.56. The predicted molar refractivity (Wildman–Crippen MR) is 112 cm³/mol. The minimum Gasteiger partial charge on any atom is -1.00 e. The summed E-state index contributed by atoms with van der Waals surface area (Å²) in [6.45, 7) is 3.53. The van der Waals surface area contributed by atoms with Crippen LogP contribution in [0.1, 0.15) is 113 Å². The number of aromatic nitrogens is 1. The Bertz CT molecular complexity index is 582. The molecule has 1 heterocycles. The van der Waals surface area contributed by atoms with Gasteiger partial charge in [0.2, 0.25) is 0 Å². The summed E-state index contributed by atoms with van der Waals surface area (Å²) in [5.74, 6) is 0. The molecular weight excluding hydrogens is 396 g/mol. The Balaban J connectivity index is 0.00000261. The molecule has 0 aliphatic heterocycles. The number of nitrogens with zero attached hydrogens (tertiary/aromatic N) is 1. The molecule has 0 spiro atoms. The van der Waals surface area contributed by atoms with Gasteiger partial charge < -0.3 is 22.7 Å². The van der Waals surface area contributed by atoms with Crippen LogP contribution in [0.2, 0.25) is 0 Å². The molecule has 0 unspecified atom stereocenters. The van der Waals surface area contributed by atoms with Crippen molar-refractivity contribution in [1.29, 1.82) is 0 Å². The van der Waals surface area contributed by atoms with Gasteiger partial charge in [0.1, 0.15) is 6.54 Å². The number of halogens is 1. The van der Waals surface area contributed by atoms with Crippen LogP contribution >= 0.6 is 0 Å². The van der Waals surface area contributed by atoms with Crippen molar-refractivity contribution in [3.8, 4) is 0 Å². The van der Waals surface area contributed by atoms with E-state index >= 15 is 0 Å². The molecule has 3 heteroatoms. The van der Waals surface area contributed by atoms with Gasteiger partial charge in [-0.25, -0.2) is 0 Å². The van der Waals surface area contributed by atoms with Gasteiger partial charge in [0, 0.05) is 30.4 Å². The normalized spacial score (nSPS) is 15.3. The van der Waals surface area contributed by atoms with Gasteiger partial charge >= 0.3 is 0 Å². The zero-order valence-corrected chi connectivity index (χ0v) is 19.2. The minimum absolute atomic E-state index is 0. The number of anilines is 1. The van der Waals surface area contributed by atoms with Gasteiger partial charge in [-0.3, -0.25) is 0 Å². The summed E-state index contributed by atoms with van der Waals surface area (Å²) in [6.07, 6.45) is 23.1. The fraction of sp³-hybridized carbons (Fsp3) is 0.792. The van der Waals surface area contributed by atoms with Crippen LogP contribution in [0.3, 0.4) is 0 Å². The second-order valence-corrected chi connectivity index (χ2v) is 8.66. The van der Waals surface area contributed by atoms with Crippen LogP contribution in [0.4, 0.5) is 5.69 Å². The highest BCUT2D eigenvalue weighted by atomic mass is 79.9. The van der Waals surface area contributed by atoms with Crippen molar-refractivity contribution in [3.63, 3.8) is 0 Å². The Kier molecular flexibility index (Phi) is 10.2. The molecule has 0 aromatic carbocycles. The molecule has 2 aliphatic carbocycles. The molecule has 0 atom stereocenters. The van der Waals surface area contributed by atoms with Gasteiger partial charge in [0.05, 0.1) is 5.69 Å². The highest BCUT2D eigenvalue weighted by Gasteiger charge is 2.32. The van der Waals surface area contributed by atoms with E-state index in [2.05, 4.69) is 11.5 Å². The summed E-state index contributed by atoms with van der Waals surface area (Å²) < 4.78 is 2.72. The first-order valence-corrected chi connectivity index (χ1v) is 11.7. The second-order valence-electron chi connectivity index (χ2n) is 8.66. The van der Waals surface area contributed by atoms with E-state index < -0.39 is 0 Å². The Morgan fingerprint density at radius 1 is 0.667 bits per heavy atom. The number of fused-ring (bicyclic) bond motifs is 2. The highest BCUT2D eigenvalue weighted by Crippen LogP contribution is 2.33. The lowest BCUT2D eigenvalue weighted by atomic mass is 9.91. The number of nitrogen functional groups attached to an aromatic ring is 1. The molecule has 154 valence electrons. The molecule has 2 aliphatic rings. The van der Waals surface area contributed by atoms with Crippen LogP contribution in [-0.2, 0) is 32.2 Å². The number of hydrogen-bond acceptors (Lipinski definition) is 1. The van der Waals surface area contributed by atoms with Gasteiger partial charge in [-0.05, 0) is 38.5 Å². The van der Waals surface area contributed by atoms with E-state index in [1.54, 1.807) is 11.4 Å². The van der Waals surface area contributed by atoms with Crippen molar-refractivity contribution in [1.82, 2.24) is 0 Å². The maximum atomic E-state index is 6.56. The van der Waals surface area contributed by atoms with E-state index in [1.165, 1.54) is 133 Å². The highest BCUT2D eigenvalue weighted by molar-refractivity contribution is 5.57. The molecule has 0 saturated carbocycles. The van der Waals surface area contributed by atoms with Crippen LogP contribution in [0.25, 0.3) is 0 Å². The van der Waals surface area contributed by atoms with E-state index in [1.807, 2.05) is 0 Å². The number of unbranched alkanes of at least 4 members (excludes halogenated alkanes) is 9. The fourth-order valence-corrected chi connectivity index (χ4v) is 5.17. The zero-order valence-electron chi connectivity index (χ0n) is 17.6. The molecule has 3 rings (SSSR count). The molecule has 0 bridgehead atoms. The van der Waals surface area contributed by atoms with Crippen LogP contribution in [0.5, 0.6) is 0 Å². The van der Waals surface area contributed by atoms with E-state index in [0.717, 1.165) is 0 Å². The van der Waals surface area contributed by atoms with Crippen molar-refractivity contribution in [2.45, 2.75) is 123 Å². The van der Waals surface area contributed by atoms with Gasteiger partial charge in [-0.1, -0.05) is 58.3 Å². The molecule has 0 saturated heterocycles. The summed E-state index contributed by atoms with van der Waals surface area (Å²) in [4.78, 5) is 0. The third-order valence-electron chi connectivity index (χ3n) is 6.66. The minimum atomic E-state index is 0. The molecule has 27 heavy (non-hydrogen) atoms. The van der Waals surface area contributed by atoms with E-state index in [-0.39, 0.29) is 17.0 Å². The summed E-state index contributed by atoms with van der Waals surface area (Å²) in [6, 6.07) is 0. The monoisotopic (exact) mass is 436 g/mol. The third kappa shape index (κ3) is 5.95. The standard InChI is InChI=1S/C24H40N2.BrH/c1-2-3-4-5-6-7-8-9-10-13-19-26-22-17-12-11-15-20(22)24(25)21-16-14-18-23(21)26;/h25H,2-19H2,1H3;1H.